The normalized spacial score (nSPS) is 11.6. The topological polar surface area (TPSA) is 3.24 Å². The highest BCUT2D eigenvalue weighted by molar-refractivity contribution is 9.09. The number of hydrogen-bond donors (Lipinski definition) is 0. The molecule has 0 heterocycles. The van der Waals surface area contributed by atoms with Crippen LogP contribution in [0.3, 0.4) is 0 Å². The lowest BCUT2D eigenvalue weighted by Crippen LogP contribution is -2.35. The van der Waals surface area contributed by atoms with Gasteiger partial charge in [0.1, 0.15) is 5.82 Å². The van der Waals surface area contributed by atoms with E-state index in [1.54, 1.807) is 6.07 Å². The van der Waals surface area contributed by atoms with Gasteiger partial charge in [0.15, 0.2) is 0 Å². The molecule has 0 amide bonds. The van der Waals surface area contributed by atoms with Gasteiger partial charge in [-0.25, -0.2) is 4.39 Å². The molecule has 3 heteroatoms. The Morgan fingerprint density at radius 1 is 1.31 bits per heavy atom. The molecule has 1 aromatic carbocycles. The van der Waals surface area contributed by atoms with Crippen LogP contribution in [0.25, 0.3) is 0 Å². The molecule has 0 atom stereocenters. The molecular formula is C13H19BrFN. The lowest BCUT2D eigenvalue weighted by atomic mass is 9.95. The second-order valence-electron chi connectivity index (χ2n) is 4.76. The minimum absolute atomic E-state index is 0.137. The standard InChI is InChI=1S/C13H19BrFN/c1-4-16(10-13(2,3)9-14)12-8-6-5-7-11(12)15/h5-8H,4,9-10H2,1-3H3. The fourth-order valence-electron chi connectivity index (χ4n) is 1.63. The van der Waals surface area contributed by atoms with E-state index >= 15 is 0 Å². The monoisotopic (exact) mass is 287 g/mol. The first-order chi connectivity index (χ1) is 7.50. The average Bonchev–Trinajstić information content (AvgIpc) is 2.27. The van der Waals surface area contributed by atoms with E-state index in [1.807, 2.05) is 12.1 Å². The lowest BCUT2D eigenvalue weighted by Gasteiger charge is -2.32. The van der Waals surface area contributed by atoms with Crippen LogP contribution >= 0.6 is 15.9 Å². The zero-order valence-electron chi connectivity index (χ0n) is 10.1. The number of anilines is 1. The molecule has 0 aromatic heterocycles. The summed E-state index contributed by atoms with van der Waals surface area (Å²) in [7, 11) is 0. The van der Waals surface area contributed by atoms with Crippen LogP contribution in [0, 0.1) is 11.2 Å². The Morgan fingerprint density at radius 2 is 1.94 bits per heavy atom. The summed E-state index contributed by atoms with van der Waals surface area (Å²) >= 11 is 3.50. The number of alkyl halides is 1. The van der Waals surface area contributed by atoms with E-state index in [0.717, 1.165) is 18.4 Å². The molecule has 0 bridgehead atoms. The minimum atomic E-state index is -0.144. The van der Waals surface area contributed by atoms with Gasteiger partial charge in [-0.2, -0.15) is 0 Å². The van der Waals surface area contributed by atoms with Crippen LogP contribution in [-0.4, -0.2) is 18.4 Å². The Balaban J connectivity index is 2.87. The first kappa shape index (κ1) is 13.5. The van der Waals surface area contributed by atoms with Gasteiger partial charge in [-0.05, 0) is 24.5 Å². The van der Waals surface area contributed by atoms with Crippen LogP contribution in [0.1, 0.15) is 20.8 Å². The zero-order valence-corrected chi connectivity index (χ0v) is 11.7. The highest BCUT2D eigenvalue weighted by Gasteiger charge is 2.21. The first-order valence-corrected chi connectivity index (χ1v) is 6.68. The fraction of sp³-hybridized carbons (Fsp3) is 0.538. The summed E-state index contributed by atoms with van der Waals surface area (Å²) in [4.78, 5) is 2.08. The van der Waals surface area contributed by atoms with Gasteiger partial charge < -0.3 is 4.90 Å². The molecule has 0 spiro atoms. The van der Waals surface area contributed by atoms with Crippen molar-refractivity contribution >= 4 is 21.6 Å². The van der Waals surface area contributed by atoms with Gasteiger partial charge in [-0.1, -0.05) is 41.9 Å². The molecular weight excluding hydrogens is 269 g/mol. The van der Waals surface area contributed by atoms with E-state index in [-0.39, 0.29) is 11.2 Å². The summed E-state index contributed by atoms with van der Waals surface area (Å²) in [5, 5.41) is 0.908. The van der Waals surface area contributed by atoms with Crippen molar-refractivity contribution in [2.24, 2.45) is 5.41 Å². The van der Waals surface area contributed by atoms with E-state index in [9.17, 15) is 4.39 Å². The van der Waals surface area contributed by atoms with Crippen molar-refractivity contribution in [3.63, 3.8) is 0 Å². The molecule has 1 nitrogen and oxygen atoms in total. The maximum Gasteiger partial charge on any atom is 0.146 e. The summed E-state index contributed by atoms with van der Waals surface area (Å²) < 4.78 is 13.7. The van der Waals surface area contributed by atoms with E-state index < -0.39 is 0 Å². The molecule has 0 aliphatic heterocycles. The summed E-state index contributed by atoms with van der Waals surface area (Å²) in [5.74, 6) is -0.144. The number of para-hydroxylation sites is 1. The third-order valence-electron chi connectivity index (χ3n) is 2.56. The summed E-state index contributed by atoms with van der Waals surface area (Å²) in [5.41, 5.74) is 0.831. The smallest absolute Gasteiger partial charge is 0.146 e. The molecule has 90 valence electrons. The van der Waals surface area contributed by atoms with Crippen molar-refractivity contribution in [1.29, 1.82) is 0 Å². The van der Waals surface area contributed by atoms with Gasteiger partial charge in [0, 0.05) is 18.4 Å². The van der Waals surface area contributed by atoms with Crippen LogP contribution in [0.5, 0.6) is 0 Å². The van der Waals surface area contributed by atoms with Crippen LogP contribution in [0.15, 0.2) is 24.3 Å². The average molecular weight is 288 g/mol. The molecule has 16 heavy (non-hydrogen) atoms. The molecule has 0 unspecified atom stereocenters. The minimum Gasteiger partial charge on any atom is -0.369 e. The molecule has 1 aromatic rings. The molecule has 1 rings (SSSR count). The molecule has 0 saturated carbocycles. The van der Waals surface area contributed by atoms with Crippen LogP contribution in [-0.2, 0) is 0 Å². The molecule has 0 aliphatic carbocycles. The van der Waals surface area contributed by atoms with Gasteiger partial charge in [-0.15, -0.1) is 0 Å². The predicted molar refractivity (Wildman–Crippen MR) is 71.9 cm³/mol. The highest BCUT2D eigenvalue weighted by Crippen LogP contribution is 2.25. The molecule has 0 fully saturated rings. The number of nitrogens with zero attached hydrogens (tertiary/aromatic N) is 1. The van der Waals surface area contributed by atoms with E-state index in [2.05, 4.69) is 41.6 Å². The van der Waals surface area contributed by atoms with Crippen LogP contribution < -0.4 is 4.90 Å². The third-order valence-corrected chi connectivity index (χ3v) is 4.07. The van der Waals surface area contributed by atoms with Crippen molar-refractivity contribution < 1.29 is 4.39 Å². The fourth-order valence-corrected chi connectivity index (χ4v) is 1.81. The Labute approximate surface area is 106 Å². The second kappa shape index (κ2) is 5.67. The maximum atomic E-state index is 13.7. The molecule has 0 aliphatic rings. The number of benzene rings is 1. The van der Waals surface area contributed by atoms with Crippen LogP contribution in [0.2, 0.25) is 0 Å². The Bertz CT molecular complexity index is 338. The predicted octanol–water partition coefficient (Wildman–Crippen LogP) is 4.07. The van der Waals surface area contributed by atoms with Gasteiger partial charge in [-0.3, -0.25) is 0 Å². The van der Waals surface area contributed by atoms with Gasteiger partial charge in [0.05, 0.1) is 5.69 Å². The van der Waals surface area contributed by atoms with E-state index in [1.165, 1.54) is 6.07 Å². The van der Waals surface area contributed by atoms with Crippen molar-refractivity contribution in [2.45, 2.75) is 20.8 Å². The molecule has 0 radical (unpaired) electrons. The van der Waals surface area contributed by atoms with Crippen molar-refractivity contribution in [3.05, 3.63) is 30.1 Å². The van der Waals surface area contributed by atoms with Crippen molar-refractivity contribution in [3.8, 4) is 0 Å². The molecule has 0 saturated heterocycles. The summed E-state index contributed by atoms with van der Waals surface area (Å²) in [6.45, 7) is 8.06. The number of halogens is 2. The van der Waals surface area contributed by atoms with Crippen LogP contribution in [0.4, 0.5) is 10.1 Å². The molecule has 0 N–H and O–H groups in total. The largest absolute Gasteiger partial charge is 0.369 e. The summed E-state index contributed by atoms with van der Waals surface area (Å²) in [6, 6.07) is 6.95. The zero-order chi connectivity index (χ0) is 12.2. The Morgan fingerprint density at radius 3 is 2.44 bits per heavy atom. The third kappa shape index (κ3) is 3.48. The maximum absolute atomic E-state index is 13.7. The first-order valence-electron chi connectivity index (χ1n) is 5.55. The Hall–Kier alpha value is -0.570. The summed E-state index contributed by atoms with van der Waals surface area (Å²) in [6.07, 6.45) is 0. The Kier molecular flexibility index (Phi) is 4.78. The quantitative estimate of drug-likeness (QED) is 0.738. The van der Waals surface area contributed by atoms with Gasteiger partial charge in [0.25, 0.3) is 0 Å². The lowest BCUT2D eigenvalue weighted by molar-refractivity contribution is 0.422. The van der Waals surface area contributed by atoms with E-state index in [0.29, 0.717) is 5.69 Å². The van der Waals surface area contributed by atoms with Crippen molar-refractivity contribution in [2.75, 3.05) is 23.3 Å². The van der Waals surface area contributed by atoms with Gasteiger partial charge >= 0.3 is 0 Å². The number of hydrogen-bond acceptors (Lipinski definition) is 1. The van der Waals surface area contributed by atoms with Crippen molar-refractivity contribution in [1.82, 2.24) is 0 Å². The second-order valence-corrected chi connectivity index (χ2v) is 5.32. The highest BCUT2D eigenvalue weighted by atomic mass is 79.9. The van der Waals surface area contributed by atoms with E-state index in [4.69, 9.17) is 0 Å². The number of rotatable bonds is 5. The SMILES string of the molecule is CCN(CC(C)(C)CBr)c1ccccc1F. The van der Waals surface area contributed by atoms with Gasteiger partial charge in [0.2, 0.25) is 0 Å².